The molecule has 104 valence electrons. The van der Waals surface area contributed by atoms with Crippen LogP contribution in [0.2, 0.25) is 0 Å². The smallest absolute Gasteiger partial charge is 0.269 e. The highest BCUT2D eigenvalue weighted by atomic mass is 16.6. The van der Waals surface area contributed by atoms with Gasteiger partial charge in [-0.05, 0) is 24.1 Å². The molecule has 19 heavy (non-hydrogen) atoms. The zero-order valence-electron chi connectivity index (χ0n) is 11.3. The van der Waals surface area contributed by atoms with Gasteiger partial charge in [-0.2, -0.15) is 0 Å². The van der Waals surface area contributed by atoms with Crippen molar-refractivity contribution in [1.82, 2.24) is 0 Å². The number of nitro groups is 1. The third-order valence-corrected chi connectivity index (χ3v) is 2.97. The Balaban J connectivity index is 2.40. The molecule has 0 aromatic heterocycles. The molecule has 0 fully saturated rings. The van der Waals surface area contributed by atoms with Crippen LogP contribution >= 0.6 is 0 Å². The maximum Gasteiger partial charge on any atom is 0.269 e. The van der Waals surface area contributed by atoms with E-state index in [1.165, 1.54) is 25.0 Å². The van der Waals surface area contributed by atoms with Crippen LogP contribution in [0.5, 0.6) is 0 Å². The molecule has 4 heteroatoms. The average Bonchev–Trinajstić information content (AvgIpc) is 2.42. The van der Waals surface area contributed by atoms with Crippen LogP contribution in [0, 0.1) is 10.1 Å². The van der Waals surface area contributed by atoms with Gasteiger partial charge in [0.15, 0.2) is 0 Å². The van der Waals surface area contributed by atoms with Crippen molar-refractivity contribution in [3.63, 3.8) is 0 Å². The largest absolute Gasteiger partial charge is 0.389 e. The summed E-state index contributed by atoms with van der Waals surface area (Å²) in [4.78, 5) is 10.1. The van der Waals surface area contributed by atoms with Crippen molar-refractivity contribution in [3.8, 4) is 0 Å². The second kappa shape index (κ2) is 8.43. The number of aliphatic hydroxyl groups is 1. The van der Waals surface area contributed by atoms with Crippen LogP contribution in [0.4, 0.5) is 5.69 Å². The van der Waals surface area contributed by atoms with E-state index in [1.54, 1.807) is 24.3 Å². The van der Waals surface area contributed by atoms with Crippen LogP contribution in [0.25, 0.3) is 6.08 Å². The van der Waals surface area contributed by atoms with Crippen molar-refractivity contribution in [1.29, 1.82) is 0 Å². The number of nitrogens with zero attached hydrogens (tertiary/aromatic N) is 1. The Morgan fingerprint density at radius 3 is 2.53 bits per heavy atom. The normalized spacial score (nSPS) is 12.7. The van der Waals surface area contributed by atoms with Crippen molar-refractivity contribution in [2.45, 2.75) is 45.1 Å². The van der Waals surface area contributed by atoms with Gasteiger partial charge in [-0.25, -0.2) is 0 Å². The van der Waals surface area contributed by atoms with Gasteiger partial charge in [0.05, 0.1) is 11.0 Å². The minimum Gasteiger partial charge on any atom is -0.389 e. The predicted molar refractivity (Wildman–Crippen MR) is 76.9 cm³/mol. The SMILES string of the molecule is CCCCCCC(O)/C=C/c1ccc([N+](=O)[O-])cc1. The number of hydrogen-bond donors (Lipinski definition) is 1. The van der Waals surface area contributed by atoms with Crippen molar-refractivity contribution in [2.75, 3.05) is 0 Å². The van der Waals surface area contributed by atoms with E-state index in [1.807, 2.05) is 0 Å². The van der Waals surface area contributed by atoms with Crippen molar-refractivity contribution >= 4 is 11.8 Å². The molecule has 0 saturated carbocycles. The van der Waals surface area contributed by atoms with E-state index in [0.29, 0.717) is 0 Å². The second-order valence-electron chi connectivity index (χ2n) is 4.62. The van der Waals surface area contributed by atoms with Crippen molar-refractivity contribution < 1.29 is 10.0 Å². The number of non-ortho nitro benzene ring substituents is 1. The van der Waals surface area contributed by atoms with E-state index in [2.05, 4.69) is 6.92 Å². The minimum absolute atomic E-state index is 0.0808. The average molecular weight is 263 g/mol. The van der Waals surface area contributed by atoms with E-state index >= 15 is 0 Å². The predicted octanol–water partition coefficient (Wildman–Crippen LogP) is 3.94. The molecule has 0 spiro atoms. The maximum absolute atomic E-state index is 10.5. The third kappa shape index (κ3) is 6.15. The summed E-state index contributed by atoms with van der Waals surface area (Å²) in [5.41, 5.74) is 0.940. The molecule has 1 aromatic carbocycles. The van der Waals surface area contributed by atoms with Gasteiger partial charge in [0.2, 0.25) is 0 Å². The molecule has 1 aromatic rings. The van der Waals surface area contributed by atoms with Crippen LogP contribution in [0.3, 0.4) is 0 Å². The zero-order valence-corrected chi connectivity index (χ0v) is 11.3. The maximum atomic E-state index is 10.5. The molecule has 1 unspecified atom stereocenters. The summed E-state index contributed by atoms with van der Waals surface area (Å²) >= 11 is 0. The molecule has 0 aliphatic carbocycles. The Kier molecular flexibility index (Phi) is 6.82. The molecule has 1 N–H and O–H groups in total. The molecule has 0 heterocycles. The van der Waals surface area contributed by atoms with E-state index in [9.17, 15) is 15.2 Å². The molecule has 0 bridgehead atoms. The van der Waals surface area contributed by atoms with Gasteiger partial charge in [-0.3, -0.25) is 10.1 Å². The first kappa shape index (κ1) is 15.4. The number of benzene rings is 1. The molecule has 0 saturated heterocycles. The number of aliphatic hydroxyl groups excluding tert-OH is 1. The van der Waals surface area contributed by atoms with Crippen LogP contribution in [-0.4, -0.2) is 16.1 Å². The first-order valence-electron chi connectivity index (χ1n) is 6.74. The summed E-state index contributed by atoms with van der Waals surface area (Å²) in [6.45, 7) is 2.16. The fourth-order valence-corrected chi connectivity index (χ4v) is 1.81. The number of rotatable bonds is 8. The first-order valence-corrected chi connectivity index (χ1v) is 6.74. The van der Waals surface area contributed by atoms with Gasteiger partial charge in [0.25, 0.3) is 5.69 Å². The Labute approximate surface area is 113 Å². The summed E-state index contributed by atoms with van der Waals surface area (Å²) in [7, 11) is 0. The lowest BCUT2D eigenvalue weighted by Crippen LogP contribution is -2.01. The van der Waals surface area contributed by atoms with Gasteiger partial charge in [-0.15, -0.1) is 0 Å². The van der Waals surface area contributed by atoms with Crippen molar-refractivity contribution in [2.24, 2.45) is 0 Å². The Bertz CT molecular complexity index is 412. The topological polar surface area (TPSA) is 63.4 Å². The zero-order chi connectivity index (χ0) is 14.1. The standard InChI is InChI=1S/C15H21NO3/c1-2-3-4-5-6-15(17)12-9-13-7-10-14(11-8-13)16(18)19/h7-12,15,17H,2-6H2,1H3/b12-9+. The lowest BCUT2D eigenvalue weighted by Gasteiger charge is -2.04. The second-order valence-corrected chi connectivity index (χ2v) is 4.62. The highest BCUT2D eigenvalue weighted by molar-refractivity contribution is 5.52. The van der Waals surface area contributed by atoms with Crippen LogP contribution in [0.1, 0.15) is 44.6 Å². The summed E-state index contributed by atoms with van der Waals surface area (Å²) in [5, 5.41) is 20.3. The van der Waals surface area contributed by atoms with Crippen LogP contribution in [0.15, 0.2) is 30.3 Å². The minimum atomic E-state index is -0.438. The van der Waals surface area contributed by atoms with Crippen LogP contribution < -0.4 is 0 Å². The monoisotopic (exact) mass is 263 g/mol. The summed E-state index contributed by atoms with van der Waals surface area (Å²) in [5.74, 6) is 0. The summed E-state index contributed by atoms with van der Waals surface area (Å²) in [6.07, 6.45) is 8.45. The number of hydrogen-bond acceptors (Lipinski definition) is 3. The van der Waals surface area contributed by atoms with Crippen LogP contribution in [-0.2, 0) is 0 Å². The highest BCUT2D eigenvalue weighted by Gasteiger charge is 2.03. The molecule has 0 aliphatic rings. The Morgan fingerprint density at radius 2 is 1.95 bits per heavy atom. The molecule has 1 rings (SSSR count). The lowest BCUT2D eigenvalue weighted by atomic mass is 10.1. The molecule has 4 nitrogen and oxygen atoms in total. The van der Waals surface area contributed by atoms with Gasteiger partial charge in [-0.1, -0.05) is 44.8 Å². The molecule has 0 aliphatic heterocycles. The number of nitro benzene ring substituents is 1. The van der Waals surface area contributed by atoms with Crippen molar-refractivity contribution in [3.05, 3.63) is 46.0 Å². The van der Waals surface area contributed by atoms with Gasteiger partial charge >= 0.3 is 0 Å². The first-order chi connectivity index (χ1) is 9.13. The Hall–Kier alpha value is -1.68. The summed E-state index contributed by atoms with van der Waals surface area (Å²) < 4.78 is 0. The molecule has 0 radical (unpaired) electrons. The van der Waals surface area contributed by atoms with E-state index in [0.717, 1.165) is 24.8 Å². The van der Waals surface area contributed by atoms with Gasteiger partial charge in [0.1, 0.15) is 0 Å². The Morgan fingerprint density at radius 1 is 1.26 bits per heavy atom. The molecular formula is C15H21NO3. The molecule has 0 amide bonds. The van der Waals surface area contributed by atoms with E-state index in [4.69, 9.17) is 0 Å². The number of unbranched alkanes of at least 4 members (excludes halogenated alkanes) is 3. The highest BCUT2D eigenvalue weighted by Crippen LogP contribution is 2.14. The third-order valence-electron chi connectivity index (χ3n) is 2.97. The fraction of sp³-hybridized carbons (Fsp3) is 0.467. The lowest BCUT2D eigenvalue weighted by molar-refractivity contribution is -0.384. The van der Waals surface area contributed by atoms with E-state index < -0.39 is 11.0 Å². The fourth-order valence-electron chi connectivity index (χ4n) is 1.81. The van der Waals surface area contributed by atoms with Gasteiger partial charge < -0.3 is 5.11 Å². The quantitative estimate of drug-likeness (QED) is 0.439. The molecule has 1 atom stereocenters. The van der Waals surface area contributed by atoms with Gasteiger partial charge in [0, 0.05) is 12.1 Å². The summed E-state index contributed by atoms with van der Waals surface area (Å²) in [6, 6.07) is 6.29. The molecular weight excluding hydrogens is 242 g/mol. The van der Waals surface area contributed by atoms with E-state index in [-0.39, 0.29) is 5.69 Å².